The average molecular weight is 87.1 g/mol. The second-order valence-corrected chi connectivity index (χ2v) is 0.683. The maximum atomic E-state index is 9.60. The first-order valence-corrected chi connectivity index (χ1v) is 1.51. The topological polar surface area (TPSA) is 26.3 Å². The fraction of sp³-hybridized carbons (Fsp3) is 0.250. The summed E-state index contributed by atoms with van der Waals surface area (Å²) in [5, 5.41) is 0. The highest BCUT2D eigenvalue weighted by Crippen LogP contribution is 1.62. The van der Waals surface area contributed by atoms with Crippen molar-refractivity contribution in [2.45, 2.75) is 0 Å². The molecule has 0 aromatic carbocycles. The third kappa shape index (κ3) is 3.21. The largest absolute Gasteiger partial charge is 0.464 e. The lowest BCUT2D eigenvalue weighted by Gasteiger charge is -1.82. The van der Waals surface area contributed by atoms with Gasteiger partial charge in [0.2, 0.25) is 0 Å². The van der Waals surface area contributed by atoms with E-state index in [2.05, 4.69) is 11.3 Å². The lowest BCUT2D eigenvalue weighted by Crippen LogP contribution is -1.83. The molecule has 0 unspecified atom stereocenters. The molecule has 0 aliphatic heterocycles. The van der Waals surface area contributed by atoms with Gasteiger partial charge < -0.3 is 4.74 Å². The molecule has 0 atom stereocenters. The number of carbonyl (C=O) groups excluding carboxylic acids is 1. The first-order valence-electron chi connectivity index (χ1n) is 2.01. The Morgan fingerprint density at radius 3 is 3.00 bits per heavy atom. The van der Waals surface area contributed by atoms with Crippen molar-refractivity contribution in [2.75, 3.05) is 6.61 Å². The molecule has 0 saturated heterocycles. The van der Waals surface area contributed by atoms with Crippen LogP contribution >= 0.6 is 0 Å². The molecular formula is C4H6O2. The molecule has 0 N–H and O–H groups in total. The van der Waals surface area contributed by atoms with Crippen LogP contribution < -0.4 is 0 Å². The molecule has 2 heteroatoms. The Morgan fingerprint density at radius 2 is 2.83 bits per heavy atom. The molecule has 0 amide bonds. The van der Waals surface area contributed by atoms with E-state index in [0.29, 0.717) is 0 Å². The van der Waals surface area contributed by atoms with Gasteiger partial charge >= 0.3 is 0 Å². The van der Waals surface area contributed by atoms with Crippen LogP contribution in [0.5, 0.6) is 0 Å². The van der Waals surface area contributed by atoms with E-state index in [4.69, 9.17) is 1.37 Å². The molecule has 0 aromatic heterocycles. The van der Waals surface area contributed by atoms with Crippen molar-refractivity contribution < 1.29 is 10.9 Å². The molecule has 0 bridgehead atoms. The Kier molecular flexibility index (Phi) is 2.39. The number of ether oxygens (including phenoxy) is 1. The fourth-order valence-corrected chi connectivity index (χ4v) is 0.0929. The summed E-state index contributed by atoms with van der Waals surface area (Å²) in [4.78, 5) is 9.60. The van der Waals surface area contributed by atoms with E-state index in [1.807, 2.05) is 0 Å². The number of rotatable bonds is 2. The molecule has 0 aliphatic carbocycles. The zero-order chi connectivity index (χ0) is 5.70. The van der Waals surface area contributed by atoms with Gasteiger partial charge in [0, 0.05) is 0 Å². The summed E-state index contributed by atoms with van der Waals surface area (Å²) in [5.41, 5.74) is 0. The van der Waals surface area contributed by atoms with Crippen LogP contribution in [0.15, 0.2) is 12.7 Å². The van der Waals surface area contributed by atoms with Crippen LogP contribution in [0.25, 0.3) is 0 Å². The van der Waals surface area contributed by atoms with Gasteiger partial charge in [0.15, 0.2) is 1.37 Å². The van der Waals surface area contributed by atoms with Crippen molar-refractivity contribution >= 4 is 6.45 Å². The maximum Gasteiger partial charge on any atom is 0.293 e. The monoisotopic (exact) mass is 87.0 g/mol. The molecule has 0 spiro atoms. The minimum Gasteiger partial charge on any atom is -0.464 e. The maximum absolute atomic E-state index is 9.60. The lowest BCUT2D eigenvalue weighted by atomic mass is 10.7. The predicted octanol–water partition coefficient (Wildman–Crippen LogP) is 0.345. The predicted molar refractivity (Wildman–Crippen MR) is 22.2 cm³/mol. The molecule has 0 rings (SSSR count). The van der Waals surface area contributed by atoms with Crippen molar-refractivity contribution in [1.29, 1.82) is 0 Å². The van der Waals surface area contributed by atoms with E-state index in [-0.39, 0.29) is 6.61 Å². The van der Waals surface area contributed by atoms with Gasteiger partial charge in [-0.1, -0.05) is 12.7 Å². The van der Waals surface area contributed by atoms with Gasteiger partial charge in [0.25, 0.3) is 6.45 Å². The van der Waals surface area contributed by atoms with Crippen LogP contribution in [0.2, 0.25) is 0 Å². The Labute approximate surface area is 37.8 Å². The Morgan fingerprint density at radius 1 is 2.17 bits per heavy atom. The molecular weight excluding hydrogens is 80.0 g/mol. The molecule has 0 radical (unpaired) electrons. The number of carbonyl (C=O) groups is 1. The fourth-order valence-electron chi connectivity index (χ4n) is 0.0929. The van der Waals surface area contributed by atoms with Gasteiger partial charge in [0.05, 0.1) is 0 Å². The number of hydrogen-bond acceptors (Lipinski definition) is 2. The highest BCUT2D eigenvalue weighted by molar-refractivity contribution is 5.37. The Bertz CT molecular complexity index is 79.8. The standard InChI is InChI=1S/C4H6O2/c1-2-3-6-4-5/h2,4H,1,3H2/i4D. The smallest absolute Gasteiger partial charge is 0.293 e. The van der Waals surface area contributed by atoms with E-state index >= 15 is 0 Å². The summed E-state index contributed by atoms with van der Waals surface area (Å²) >= 11 is 0. The zero-order valence-corrected chi connectivity index (χ0v) is 3.31. The van der Waals surface area contributed by atoms with Crippen LogP contribution in [0.4, 0.5) is 0 Å². The number of hydrogen-bond donors (Lipinski definition) is 0. The summed E-state index contributed by atoms with van der Waals surface area (Å²) in [6.07, 6.45) is 0.395. The van der Waals surface area contributed by atoms with Crippen molar-refractivity contribution in [1.82, 2.24) is 0 Å². The van der Waals surface area contributed by atoms with Crippen LogP contribution in [0, 0.1) is 0 Å². The second-order valence-electron chi connectivity index (χ2n) is 0.683. The third-order valence-electron chi connectivity index (χ3n) is 0.260. The molecule has 34 valence electrons. The average Bonchev–Trinajstić information content (AvgIpc) is 1.61. The molecule has 0 saturated carbocycles. The zero-order valence-electron chi connectivity index (χ0n) is 4.31. The third-order valence-corrected chi connectivity index (χ3v) is 0.260. The van der Waals surface area contributed by atoms with Gasteiger partial charge in [-0.3, -0.25) is 4.79 Å². The van der Waals surface area contributed by atoms with Crippen LogP contribution in [0.1, 0.15) is 1.37 Å². The normalized spacial score (nSPS) is 9.00. The minimum absolute atomic E-state index is 0.127. The van der Waals surface area contributed by atoms with Gasteiger partial charge in [-0.25, -0.2) is 0 Å². The van der Waals surface area contributed by atoms with E-state index in [9.17, 15) is 4.79 Å². The van der Waals surface area contributed by atoms with Crippen LogP contribution in [-0.4, -0.2) is 13.1 Å². The van der Waals surface area contributed by atoms with Gasteiger partial charge in [-0.15, -0.1) is 0 Å². The van der Waals surface area contributed by atoms with Crippen LogP contribution in [-0.2, 0) is 9.53 Å². The van der Waals surface area contributed by atoms with E-state index in [1.54, 1.807) is 0 Å². The lowest BCUT2D eigenvalue weighted by molar-refractivity contribution is -0.127. The molecule has 0 aliphatic rings. The van der Waals surface area contributed by atoms with Crippen molar-refractivity contribution in [2.24, 2.45) is 0 Å². The summed E-state index contributed by atoms with van der Waals surface area (Å²) < 4.78 is 10.3. The van der Waals surface area contributed by atoms with E-state index in [0.717, 1.165) is 0 Å². The van der Waals surface area contributed by atoms with E-state index in [1.165, 1.54) is 6.08 Å². The summed E-state index contributed by atoms with van der Waals surface area (Å²) in [5.74, 6) is 0. The Balaban J connectivity index is 2.97. The summed E-state index contributed by atoms with van der Waals surface area (Å²) in [6.45, 7) is 3.40. The van der Waals surface area contributed by atoms with Crippen molar-refractivity contribution in [3.63, 3.8) is 0 Å². The first kappa shape index (κ1) is 3.40. The highest BCUT2D eigenvalue weighted by atomic mass is 16.5. The van der Waals surface area contributed by atoms with Crippen molar-refractivity contribution in [3.8, 4) is 0 Å². The molecule has 0 aromatic rings. The van der Waals surface area contributed by atoms with Crippen LogP contribution in [0.3, 0.4) is 0 Å². The van der Waals surface area contributed by atoms with Gasteiger partial charge in [-0.2, -0.15) is 0 Å². The van der Waals surface area contributed by atoms with Crippen molar-refractivity contribution in [3.05, 3.63) is 12.7 Å². The van der Waals surface area contributed by atoms with Gasteiger partial charge in [-0.05, 0) is 0 Å². The van der Waals surface area contributed by atoms with Gasteiger partial charge in [0.1, 0.15) is 6.61 Å². The first-order chi connectivity index (χ1) is 3.27. The molecule has 2 nitrogen and oxygen atoms in total. The molecule has 0 fully saturated rings. The molecule has 0 heterocycles. The second kappa shape index (κ2) is 4.21. The minimum atomic E-state index is -1.01. The quantitative estimate of drug-likeness (QED) is 0.358. The summed E-state index contributed by atoms with van der Waals surface area (Å²) in [6, 6.07) is 0. The summed E-state index contributed by atoms with van der Waals surface area (Å²) in [7, 11) is 0. The Hall–Kier alpha value is -0.790. The highest BCUT2D eigenvalue weighted by Gasteiger charge is 1.65. The van der Waals surface area contributed by atoms with E-state index < -0.39 is 6.45 Å². The SMILES string of the molecule is [2H]C(=O)OCC=C. The molecule has 6 heavy (non-hydrogen) atoms.